The van der Waals surface area contributed by atoms with E-state index < -0.39 is 8.32 Å². The van der Waals surface area contributed by atoms with Gasteiger partial charge >= 0.3 is 0 Å². The van der Waals surface area contributed by atoms with Crippen molar-refractivity contribution in [2.75, 3.05) is 0 Å². The quantitative estimate of drug-likeness (QED) is 0.544. The molecule has 0 unspecified atom stereocenters. The van der Waals surface area contributed by atoms with Crippen LogP contribution in [0.2, 0.25) is 18.1 Å². The van der Waals surface area contributed by atoms with Crippen LogP contribution in [0, 0.1) is 6.92 Å². The minimum Gasteiger partial charge on any atom is -0.457 e. The Morgan fingerprint density at radius 3 is 2.55 bits per heavy atom. The van der Waals surface area contributed by atoms with E-state index in [0.29, 0.717) is 6.61 Å². The fraction of sp³-hybridized carbons (Fsp3) is 0.533. The highest BCUT2D eigenvalue weighted by molar-refractivity contribution is 9.10. The van der Waals surface area contributed by atoms with Crippen LogP contribution in [0.15, 0.2) is 21.2 Å². The van der Waals surface area contributed by atoms with E-state index in [-0.39, 0.29) is 5.04 Å². The lowest BCUT2D eigenvalue weighted by Crippen LogP contribution is -2.40. The Labute approximate surface area is 130 Å². The van der Waals surface area contributed by atoms with Crippen molar-refractivity contribution in [1.82, 2.24) is 4.98 Å². The molecule has 20 heavy (non-hydrogen) atoms. The maximum absolute atomic E-state index is 6.19. The predicted octanol–water partition coefficient (Wildman–Crippen LogP) is 5.42. The van der Waals surface area contributed by atoms with Crippen LogP contribution in [0.5, 0.6) is 0 Å². The number of hydrogen-bond acceptors (Lipinski definition) is 3. The average molecular weight is 356 g/mol. The molecule has 0 bridgehead atoms. The Morgan fingerprint density at radius 1 is 1.30 bits per heavy atom. The number of hydrogen-bond donors (Lipinski definition) is 0. The Balaban J connectivity index is 2.21. The van der Waals surface area contributed by atoms with Crippen LogP contribution < -0.4 is 0 Å². The number of halogens is 1. The van der Waals surface area contributed by atoms with Crippen molar-refractivity contribution in [3.8, 4) is 0 Å². The number of furan rings is 1. The van der Waals surface area contributed by atoms with E-state index in [1.165, 1.54) is 0 Å². The minimum atomic E-state index is -1.75. The van der Waals surface area contributed by atoms with Gasteiger partial charge in [-0.25, -0.2) is 4.98 Å². The highest BCUT2D eigenvalue weighted by Gasteiger charge is 2.37. The van der Waals surface area contributed by atoms with E-state index in [0.717, 1.165) is 27.0 Å². The van der Waals surface area contributed by atoms with Crippen LogP contribution in [0.25, 0.3) is 11.0 Å². The average Bonchev–Trinajstić information content (AvgIpc) is 2.68. The maximum Gasteiger partial charge on any atom is 0.192 e. The highest BCUT2D eigenvalue weighted by Crippen LogP contribution is 2.37. The third kappa shape index (κ3) is 3.15. The van der Waals surface area contributed by atoms with Crippen LogP contribution >= 0.6 is 15.9 Å². The number of aryl methyl sites for hydroxylation is 1. The van der Waals surface area contributed by atoms with E-state index in [4.69, 9.17) is 8.84 Å². The van der Waals surface area contributed by atoms with E-state index in [1.54, 1.807) is 0 Å². The van der Waals surface area contributed by atoms with Crippen molar-refractivity contribution < 1.29 is 8.84 Å². The van der Waals surface area contributed by atoms with Crippen molar-refractivity contribution >= 4 is 35.2 Å². The van der Waals surface area contributed by atoms with Crippen LogP contribution in [0.1, 0.15) is 32.2 Å². The summed E-state index contributed by atoms with van der Waals surface area (Å²) in [5.74, 6) is 0.868. The summed E-state index contributed by atoms with van der Waals surface area (Å²) < 4.78 is 12.9. The third-order valence-electron chi connectivity index (χ3n) is 4.07. The zero-order chi connectivity index (χ0) is 15.1. The lowest BCUT2D eigenvalue weighted by molar-refractivity contribution is 0.249. The summed E-state index contributed by atoms with van der Waals surface area (Å²) in [4.78, 5) is 4.35. The Hall–Kier alpha value is -0.653. The molecule has 2 heterocycles. The molecule has 5 heteroatoms. The number of aromatic nitrogens is 1. The zero-order valence-corrected chi connectivity index (χ0v) is 15.6. The topological polar surface area (TPSA) is 35.3 Å². The van der Waals surface area contributed by atoms with Gasteiger partial charge < -0.3 is 8.84 Å². The van der Waals surface area contributed by atoms with E-state index >= 15 is 0 Å². The lowest BCUT2D eigenvalue weighted by atomic mass is 10.2. The summed E-state index contributed by atoms with van der Waals surface area (Å²) in [6.07, 6.45) is 0. The molecular formula is C15H22BrNO2Si. The van der Waals surface area contributed by atoms with Gasteiger partial charge in [0.05, 0.1) is 12.3 Å². The van der Waals surface area contributed by atoms with E-state index in [1.807, 2.05) is 19.1 Å². The standard InChI is InChI=1S/C15H22BrNO2Si/c1-10-14-11(8-13(16)17-10)7-12(19-14)9-18-20(5,6)15(2,3)4/h7-8H,9H2,1-6H3. The zero-order valence-electron chi connectivity index (χ0n) is 13.0. The Morgan fingerprint density at radius 2 is 1.95 bits per heavy atom. The molecule has 0 saturated carbocycles. The van der Waals surface area contributed by atoms with Crippen molar-refractivity contribution in [2.45, 2.75) is 52.4 Å². The Kier molecular flexibility index (Phi) is 4.15. The molecule has 0 spiro atoms. The van der Waals surface area contributed by atoms with Crippen molar-refractivity contribution in [3.05, 3.63) is 28.2 Å². The van der Waals surface area contributed by atoms with Crippen molar-refractivity contribution in [1.29, 1.82) is 0 Å². The van der Waals surface area contributed by atoms with E-state index in [9.17, 15) is 0 Å². The van der Waals surface area contributed by atoms with Crippen LogP contribution in [0.4, 0.5) is 0 Å². The molecule has 2 aromatic rings. The first-order valence-electron chi connectivity index (χ1n) is 6.80. The summed E-state index contributed by atoms with van der Waals surface area (Å²) in [5.41, 5.74) is 1.75. The molecule has 3 nitrogen and oxygen atoms in total. The van der Waals surface area contributed by atoms with Gasteiger partial charge in [-0.1, -0.05) is 20.8 Å². The van der Waals surface area contributed by atoms with Crippen molar-refractivity contribution in [3.63, 3.8) is 0 Å². The molecule has 0 aliphatic rings. The van der Waals surface area contributed by atoms with Gasteiger partial charge in [0, 0.05) is 5.39 Å². The summed E-state index contributed by atoms with van der Waals surface area (Å²) in [7, 11) is -1.75. The molecule has 0 atom stereocenters. The van der Waals surface area contributed by atoms with Crippen LogP contribution in [-0.2, 0) is 11.0 Å². The van der Waals surface area contributed by atoms with E-state index in [2.05, 4.69) is 54.8 Å². The molecule has 0 aliphatic carbocycles. The first kappa shape index (κ1) is 15.7. The third-order valence-corrected chi connectivity index (χ3v) is 8.96. The predicted molar refractivity (Wildman–Crippen MR) is 88.4 cm³/mol. The van der Waals surface area contributed by atoms with Crippen LogP contribution in [-0.4, -0.2) is 13.3 Å². The van der Waals surface area contributed by atoms with Crippen molar-refractivity contribution in [2.24, 2.45) is 0 Å². The fourth-order valence-corrected chi connectivity index (χ4v) is 3.21. The molecule has 0 N–H and O–H groups in total. The second-order valence-electron chi connectivity index (χ2n) is 6.71. The normalized spacial score (nSPS) is 13.2. The maximum atomic E-state index is 6.19. The number of rotatable bonds is 3. The lowest BCUT2D eigenvalue weighted by Gasteiger charge is -2.35. The minimum absolute atomic E-state index is 0.208. The second-order valence-corrected chi connectivity index (χ2v) is 12.3. The fourth-order valence-electron chi connectivity index (χ4n) is 1.76. The van der Waals surface area contributed by atoms with Gasteiger partial charge in [0.1, 0.15) is 10.4 Å². The first-order chi connectivity index (χ1) is 9.10. The summed E-state index contributed by atoms with van der Waals surface area (Å²) in [5, 5.41) is 1.28. The molecule has 0 amide bonds. The molecule has 0 aliphatic heterocycles. The molecule has 0 aromatic carbocycles. The highest BCUT2D eigenvalue weighted by atomic mass is 79.9. The molecule has 2 rings (SSSR count). The monoisotopic (exact) mass is 355 g/mol. The van der Waals surface area contributed by atoms with Gasteiger partial charge in [0.2, 0.25) is 0 Å². The summed E-state index contributed by atoms with van der Waals surface area (Å²) in [6, 6.07) is 4.02. The van der Waals surface area contributed by atoms with Gasteiger partial charge in [-0.3, -0.25) is 0 Å². The largest absolute Gasteiger partial charge is 0.457 e. The molecule has 110 valence electrons. The summed E-state index contributed by atoms with van der Waals surface area (Å²) >= 11 is 3.41. The smallest absolute Gasteiger partial charge is 0.192 e. The van der Waals surface area contributed by atoms with Gasteiger partial charge in [-0.05, 0) is 53.1 Å². The summed E-state index contributed by atoms with van der Waals surface area (Å²) in [6.45, 7) is 13.7. The SMILES string of the molecule is Cc1nc(Br)cc2cc(CO[Si](C)(C)C(C)(C)C)oc12. The number of pyridine rings is 1. The first-order valence-corrected chi connectivity index (χ1v) is 10.5. The Bertz CT molecular complexity index is 629. The molecule has 0 fully saturated rings. The molecular weight excluding hydrogens is 334 g/mol. The second kappa shape index (κ2) is 5.28. The van der Waals surface area contributed by atoms with Crippen LogP contribution in [0.3, 0.4) is 0 Å². The molecule has 0 radical (unpaired) electrons. The number of nitrogens with zero attached hydrogens (tertiary/aromatic N) is 1. The number of fused-ring (bicyclic) bond motifs is 1. The van der Waals surface area contributed by atoms with Gasteiger partial charge in [0.15, 0.2) is 13.9 Å². The van der Waals surface area contributed by atoms with Gasteiger partial charge in [0.25, 0.3) is 0 Å². The van der Waals surface area contributed by atoms with Gasteiger partial charge in [-0.2, -0.15) is 0 Å². The molecule has 0 saturated heterocycles. The van der Waals surface area contributed by atoms with Gasteiger partial charge in [-0.15, -0.1) is 0 Å². The molecule has 2 aromatic heterocycles.